The lowest BCUT2D eigenvalue weighted by Crippen LogP contribution is -2.16. The number of fused-ring (bicyclic) bond motifs is 4. The van der Waals surface area contributed by atoms with E-state index in [1.54, 1.807) is 0 Å². The molecule has 0 amide bonds. The van der Waals surface area contributed by atoms with Crippen molar-refractivity contribution in [3.63, 3.8) is 0 Å². The molecule has 2 N–H and O–H groups in total. The largest absolute Gasteiger partial charge is 0.456 e. The first-order chi connectivity index (χ1) is 23.2. The highest BCUT2D eigenvalue weighted by Gasteiger charge is 2.10. The molecule has 4 nitrogen and oxygen atoms in total. The molecule has 47 heavy (non-hydrogen) atoms. The second kappa shape index (κ2) is 12.3. The molecule has 0 aliphatic heterocycles. The Bertz CT molecular complexity index is 2420. The Kier molecular flexibility index (Phi) is 7.37. The molecule has 0 atom stereocenters. The number of nitrogens with two attached hydrogens (primary N) is 1. The number of hydrogen-bond acceptors (Lipinski definition) is 2. The highest BCUT2D eigenvalue weighted by atomic mass is 16.3. The topological polar surface area (TPSA) is 63.9 Å². The van der Waals surface area contributed by atoms with Crippen LogP contribution in [0.1, 0.15) is 16.7 Å². The van der Waals surface area contributed by atoms with E-state index >= 15 is 0 Å². The van der Waals surface area contributed by atoms with Crippen molar-refractivity contribution in [1.29, 1.82) is 0 Å². The maximum Gasteiger partial charge on any atom is 0.157 e. The lowest BCUT2D eigenvalue weighted by Gasteiger charge is -2.09. The van der Waals surface area contributed by atoms with Crippen LogP contribution >= 0.6 is 0 Å². The summed E-state index contributed by atoms with van der Waals surface area (Å²) in [6, 6.07) is 56.2. The van der Waals surface area contributed by atoms with Crippen LogP contribution in [0.2, 0.25) is 0 Å². The van der Waals surface area contributed by atoms with Crippen molar-refractivity contribution in [3.05, 3.63) is 180 Å². The Morgan fingerprint density at radius 3 is 1.91 bits per heavy atom. The third-order valence-electron chi connectivity index (χ3n) is 8.59. The lowest BCUT2D eigenvalue weighted by atomic mass is 10.00. The maximum absolute atomic E-state index is 6.64. The number of hydrogen-bond donors (Lipinski definition) is 1. The van der Waals surface area contributed by atoms with Gasteiger partial charge in [0.15, 0.2) is 5.84 Å². The zero-order chi connectivity index (χ0) is 31.6. The van der Waals surface area contributed by atoms with Crippen LogP contribution in [0.3, 0.4) is 0 Å². The van der Waals surface area contributed by atoms with Gasteiger partial charge in [-0.1, -0.05) is 146 Å². The van der Waals surface area contributed by atoms with Crippen molar-refractivity contribution in [1.82, 2.24) is 0 Å². The summed E-state index contributed by atoms with van der Waals surface area (Å²) in [5, 5.41) is 4.65. The van der Waals surface area contributed by atoms with Gasteiger partial charge in [-0.3, -0.25) is 4.99 Å². The highest BCUT2D eigenvalue weighted by molar-refractivity contribution is 6.11. The third kappa shape index (κ3) is 5.81. The summed E-state index contributed by atoms with van der Waals surface area (Å²) in [7, 11) is 0. The van der Waals surface area contributed by atoms with Gasteiger partial charge in [0.25, 0.3) is 0 Å². The molecule has 7 aromatic carbocycles. The molecular weight excluding hydrogens is 574 g/mol. The van der Waals surface area contributed by atoms with Crippen LogP contribution in [0.4, 0.5) is 0 Å². The van der Waals surface area contributed by atoms with Crippen LogP contribution in [0.15, 0.2) is 178 Å². The first kappa shape index (κ1) is 28.2. The monoisotopic (exact) mass is 605 g/mol. The van der Waals surface area contributed by atoms with E-state index < -0.39 is 0 Å². The predicted molar refractivity (Wildman–Crippen MR) is 196 cm³/mol. The van der Waals surface area contributed by atoms with Crippen molar-refractivity contribution in [2.75, 3.05) is 0 Å². The number of para-hydroxylation sites is 1. The molecule has 0 spiro atoms. The van der Waals surface area contributed by atoms with Gasteiger partial charge in [0.05, 0.1) is 6.54 Å². The molecule has 0 fully saturated rings. The number of rotatable bonds is 6. The summed E-state index contributed by atoms with van der Waals surface area (Å²) < 4.78 is 6.13. The minimum absolute atomic E-state index is 0.412. The molecule has 4 heteroatoms. The van der Waals surface area contributed by atoms with Gasteiger partial charge in [-0.25, -0.2) is 4.99 Å². The summed E-state index contributed by atoms with van der Waals surface area (Å²) in [6.07, 6.45) is 0. The zero-order valence-corrected chi connectivity index (χ0v) is 25.7. The van der Waals surface area contributed by atoms with Gasteiger partial charge in [0.1, 0.15) is 17.0 Å². The normalized spacial score (nSPS) is 12.3. The molecule has 8 aromatic rings. The molecule has 0 unspecified atom stereocenters. The van der Waals surface area contributed by atoms with Gasteiger partial charge >= 0.3 is 0 Å². The molecule has 224 valence electrons. The Hall–Kier alpha value is -6.26. The van der Waals surface area contributed by atoms with E-state index in [0.29, 0.717) is 18.2 Å². The minimum Gasteiger partial charge on any atom is -0.456 e. The molecule has 0 bridgehead atoms. The van der Waals surface area contributed by atoms with E-state index in [1.165, 1.54) is 10.8 Å². The fourth-order valence-corrected chi connectivity index (χ4v) is 6.05. The van der Waals surface area contributed by atoms with E-state index in [9.17, 15) is 0 Å². The van der Waals surface area contributed by atoms with Gasteiger partial charge in [0.2, 0.25) is 0 Å². The van der Waals surface area contributed by atoms with Gasteiger partial charge in [-0.2, -0.15) is 0 Å². The van der Waals surface area contributed by atoms with E-state index in [0.717, 1.165) is 60.9 Å². The van der Waals surface area contributed by atoms with E-state index in [4.69, 9.17) is 20.1 Å². The predicted octanol–water partition coefficient (Wildman–Crippen LogP) is 10.4. The van der Waals surface area contributed by atoms with Crippen LogP contribution < -0.4 is 5.73 Å². The Labute approximate surface area is 273 Å². The quantitative estimate of drug-likeness (QED) is 0.151. The maximum atomic E-state index is 6.64. The number of aliphatic imine (C=N–C) groups is 2. The second-order valence-electron chi connectivity index (χ2n) is 11.6. The van der Waals surface area contributed by atoms with Gasteiger partial charge in [-0.05, 0) is 56.8 Å². The second-order valence-corrected chi connectivity index (χ2v) is 11.6. The molecule has 1 aromatic heterocycles. The zero-order valence-electron chi connectivity index (χ0n) is 25.7. The molecule has 0 saturated heterocycles. The first-order valence-electron chi connectivity index (χ1n) is 15.7. The Morgan fingerprint density at radius 1 is 0.489 bits per heavy atom. The molecule has 1 heterocycles. The summed E-state index contributed by atoms with van der Waals surface area (Å²) in [5.74, 6) is 0.985. The van der Waals surface area contributed by atoms with Crippen LogP contribution in [-0.4, -0.2) is 11.7 Å². The minimum atomic E-state index is 0.412. The Morgan fingerprint density at radius 2 is 1.11 bits per heavy atom. The number of amidine groups is 2. The molecule has 0 radical (unpaired) electrons. The number of furan rings is 1. The van der Waals surface area contributed by atoms with Crippen LogP contribution in [0.25, 0.3) is 55.0 Å². The number of nitrogens with zero attached hydrogens (tertiary/aromatic N) is 2. The number of benzene rings is 7. The fraction of sp³-hybridized carbons (Fsp3) is 0.0233. The first-order valence-corrected chi connectivity index (χ1v) is 15.7. The fourth-order valence-electron chi connectivity index (χ4n) is 6.05. The van der Waals surface area contributed by atoms with Crippen molar-refractivity contribution in [2.24, 2.45) is 15.7 Å². The van der Waals surface area contributed by atoms with Crippen LogP contribution in [0, 0.1) is 0 Å². The SMILES string of the molecule is NC(=NC(=NCc1ccc2c(c1)oc1ccccc12)c1ccc(-c2ccc3ccccc3c2)cc1)c1ccc(-c2ccccc2)cc1. The smallest absolute Gasteiger partial charge is 0.157 e. The summed E-state index contributed by atoms with van der Waals surface area (Å²) in [6.45, 7) is 0.429. The lowest BCUT2D eigenvalue weighted by molar-refractivity contribution is 0.668. The Balaban J connectivity index is 1.13. The van der Waals surface area contributed by atoms with Gasteiger partial charge < -0.3 is 10.2 Å². The summed E-state index contributed by atoms with van der Waals surface area (Å²) in [4.78, 5) is 9.90. The van der Waals surface area contributed by atoms with Crippen LogP contribution in [0.5, 0.6) is 0 Å². The van der Waals surface area contributed by atoms with E-state index in [-0.39, 0.29) is 0 Å². The standard InChI is InChI=1S/C43H31N3O/c44-42(34-20-15-32(16-21-34)30-8-2-1-3-9-30)46-43(45-28-29-14-25-39-38-12-6-7-13-40(38)47-41(39)26-29)35-22-17-33(18-23-35)37-24-19-31-10-4-5-11-36(31)27-37/h1-27H,28H2,(H2,44,45,46). The van der Waals surface area contributed by atoms with E-state index in [2.05, 4.69) is 115 Å². The van der Waals surface area contributed by atoms with Crippen LogP contribution in [-0.2, 0) is 6.54 Å². The molecular formula is C43H31N3O. The van der Waals surface area contributed by atoms with Gasteiger partial charge in [0, 0.05) is 21.9 Å². The van der Waals surface area contributed by atoms with Crippen molar-refractivity contribution in [3.8, 4) is 22.3 Å². The molecule has 8 rings (SSSR count). The average molecular weight is 606 g/mol. The summed E-state index contributed by atoms with van der Waals surface area (Å²) >= 11 is 0. The summed E-state index contributed by atoms with van der Waals surface area (Å²) in [5.41, 5.74) is 15.7. The van der Waals surface area contributed by atoms with Gasteiger partial charge in [-0.15, -0.1) is 0 Å². The third-order valence-corrected chi connectivity index (χ3v) is 8.59. The van der Waals surface area contributed by atoms with Crippen molar-refractivity contribution < 1.29 is 4.42 Å². The van der Waals surface area contributed by atoms with E-state index in [1.807, 2.05) is 48.5 Å². The molecule has 0 saturated carbocycles. The average Bonchev–Trinajstić information content (AvgIpc) is 3.51. The molecule has 0 aliphatic rings. The van der Waals surface area contributed by atoms with Crippen molar-refractivity contribution >= 4 is 44.4 Å². The van der Waals surface area contributed by atoms with Crippen molar-refractivity contribution in [2.45, 2.75) is 6.54 Å². The highest BCUT2D eigenvalue weighted by Crippen LogP contribution is 2.30. The molecule has 0 aliphatic carbocycles.